The minimum Gasteiger partial charge on any atom is -0.466 e. The molecule has 3 N–H and O–H groups in total. The fourth-order valence-electron chi connectivity index (χ4n) is 6.42. The lowest BCUT2D eigenvalue weighted by atomic mass is 10.1. The lowest BCUT2D eigenvalue weighted by molar-refractivity contribution is -0.143. The molecule has 52 heavy (non-hydrogen) atoms. The second kappa shape index (κ2) is 41.8. The summed E-state index contributed by atoms with van der Waals surface area (Å²) in [6.45, 7) is 4.76. The largest absolute Gasteiger partial charge is 0.466 e. The van der Waals surface area contributed by atoms with Crippen LogP contribution in [0.4, 0.5) is 0 Å². The van der Waals surface area contributed by atoms with Gasteiger partial charge in [0.2, 0.25) is 5.91 Å². The van der Waals surface area contributed by atoms with Gasteiger partial charge in [-0.25, -0.2) is 0 Å². The number of unbranched alkanes of at least 4 members (excludes halogenated alkanes) is 25. The van der Waals surface area contributed by atoms with E-state index < -0.39 is 12.1 Å². The Morgan fingerprint density at radius 3 is 1.50 bits per heavy atom. The summed E-state index contributed by atoms with van der Waals surface area (Å²) < 4.78 is 5.44. The topological polar surface area (TPSA) is 95.9 Å². The van der Waals surface area contributed by atoms with Crippen molar-refractivity contribution < 1.29 is 24.5 Å². The Morgan fingerprint density at radius 1 is 0.538 bits per heavy atom. The normalized spacial score (nSPS) is 13.1. The number of aliphatic hydroxyl groups is 2. The number of hydrogen-bond donors (Lipinski definition) is 3. The first-order valence-corrected chi connectivity index (χ1v) is 22.3. The van der Waals surface area contributed by atoms with Crippen molar-refractivity contribution in [2.75, 3.05) is 13.2 Å². The van der Waals surface area contributed by atoms with Gasteiger partial charge in [0.15, 0.2) is 0 Å². The molecule has 0 radical (unpaired) electrons. The molecule has 0 aromatic rings. The monoisotopic (exact) mass is 732 g/mol. The molecule has 0 heterocycles. The molecule has 0 aliphatic rings. The number of rotatable bonds is 40. The molecular formula is C46H85NO5. The third kappa shape index (κ3) is 37.8. The molecular weight excluding hydrogens is 647 g/mol. The van der Waals surface area contributed by atoms with Crippen molar-refractivity contribution in [2.24, 2.45) is 0 Å². The van der Waals surface area contributed by atoms with Crippen LogP contribution < -0.4 is 5.32 Å². The van der Waals surface area contributed by atoms with Gasteiger partial charge in [-0.1, -0.05) is 179 Å². The fourth-order valence-corrected chi connectivity index (χ4v) is 6.42. The minimum atomic E-state index is -0.860. The van der Waals surface area contributed by atoms with Crippen LogP contribution in [-0.2, 0) is 14.3 Å². The summed E-state index contributed by atoms with van der Waals surface area (Å²) in [6, 6.07) is -0.646. The molecule has 1 amide bonds. The highest BCUT2D eigenvalue weighted by Gasteiger charge is 2.18. The highest BCUT2D eigenvalue weighted by Crippen LogP contribution is 2.13. The summed E-state index contributed by atoms with van der Waals surface area (Å²) in [5.41, 5.74) is 0. The molecule has 0 spiro atoms. The van der Waals surface area contributed by atoms with Crippen LogP contribution in [0, 0.1) is 0 Å². The predicted octanol–water partition coefficient (Wildman–Crippen LogP) is 12.6. The first kappa shape index (κ1) is 50.1. The van der Waals surface area contributed by atoms with Gasteiger partial charge in [0.25, 0.3) is 0 Å². The van der Waals surface area contributed by atoms with Crippen molar-refractivity contribution in [3.8, 4) is 0 Å². The van der Waals surface area contributed by atoms with Gasteiger partial charge in [-0.3, -0.25) is 9.59 Å². The van der Waals surface area contributed by atoms with Crippen molar-refractivity contribution in [3.63, 3.8) is 0 Å². The van der Waals surface area contributed by atoms with Gasteiger partial charge in [0.05, 0.1) is 25.4 Å². The molecule has 0 saturated heterocycles. The van der Waals surface area contributed by atoms with Crippen LogP contribution in [-0.4, -0.2) is 47.4 Å². The molecule has 0 bridgehead atoms. The van der Waals surface area contributed by atoms with Crippen molar-refractivity contribution in [3.05, 3.63) is 36.5 Å². The first-order chi connectivity index (χ1) is 25.5. The van der Waals surface area contributed by atoms with Crippen molar-refractivity contribution in [1.82, 2.24) is 5.32 Å². The van der Waals surface area contributed by atoms with E-state index in [0.717, 1.165) is 64.2 Å². The highest BCUT2D eigenvalue weighted by molar-refractivity contribution is 5.76. The van der Waals surface area contributed by atoms with Crippen LogP contribution >= 0.6 is 0 Å². The van der Waals surface area contributed by atoms with E-state index in [9.17, 15) is 19.8 Å². The molecule has 0 aromatic carbocycles. The summed E-state index contributed by atoms with van der Waals surface area (Å²) in [6.07, 6.45) is 48.4. The van der Waals surface area contributed by atoms with Crippen molar-refractivity contribution in [2.45, 2.75) is 231 Å². The van der Waals surface area contributed by atoms with Crippen molar-refractivity contribution in [1.29, 1.82) is 0 Å². The number of nitrogens with one attached hydrogen (secondary N) is 1. The predicted molar refractivity (Wildman–Crippen MR) is 222 cm³/mol. The van der Waals surface area contributed by atoms with E-state index in [-0.39, 0.29) is 18.5 Å². The summed E-state index contributed by atoms with van der Waals surface area (Å²) in [5, 5.41) is 22.8. The zero-order valence-corrected chi connectivity index (χ0v) is 34.3. The number of aliphatic hydroxyl groups excluding tert-OH is 2. The van der Waals surface area contributed by atoms with Gasteiger partial charge in [0, 0.05) is 12.8 Å². The summed E-state index contributed by atoms with van der Waals surface area (Å²) in [7, 11) is 0. The second-order valence-corrected chi connectivity index (χ2v) is 15.0. The molecule has 0 saturated carbocycles. The van der Waals surface area contributed by atoms with Gasteiger partial charge in [-0.2, -0.15) is 0 Å². The summed E-state index contributed by atoms with van der Waals surface area (Å²) in [4.78, 5) is 24.3. The van der Waals surface area contributed by atoms with E-state index in [2.05, 4.69) is 43.5 Å². The lowest BCUT2D eigenvalue weighted by Crippen LogP contribution is -2.45. The summed E-state index contributed by atoms with van der Waals surface area (Å²) >= 11 is 0. The van der Waals surface area contributed by atoms with E-state index in [4.69, 9.17) is 4.74 Å². The average Bonchev–Trinajstić information content (AvgIpc) is 3.14. The maximum absolute atomic E-state index is 12.3. The number of amides is 1. The Hall–Kier alpha value is -1.92. The zero-order valence-electron chi connectivity index (χ0n) is 34.3. The van der Waals surface area contributed by atoms with Crippen LogP contribution in [0.5, 0.6) is 0 Å². The van der Waals surface area contributed by atoms with Gasteiger partial charge < -0.3 is 20.3 Å². The summed E-state index contributed by atoms with van der Waals surface area (Å²) in [5.74, 6) is -0.137. The number of carbonyl (C=O) groups excluding carboxylic acids is 2. The average molecular weight is 732 g/mol. The number of ether oxygens (including phenoxy) is 1. The molecule has 304 valence electrons. The van der Waals surface area contributed by atoms with Crippen molar-refractivity contribution >= 4 is 11.9 Å². The van der Waals surface area contributed by atoms with Crippen LogP contribution in [0.15, 0.2) is 36.5 Å². The molecule has 2 unspecified atom stereocenters. The smallest absolute Gasteiger partial charge is 0.305 e. The molecule has 0 aromatic heterocycles. The Bertz CT molecular complexity index is 854. The van der Waals surface area contributed by atoms with Crippen LogP contribution in [0.3, 0.4) is 0 Å². The van der Waals surface area contributed by atoms with Crippen LogP contribution in [0.25, 0.3) is 0 Å². The maximum Gasteiger partial charge on any atom is 0.305 e. The van der Waals surface area contributed by atoms with Gasteiger partial charge in [0.1, 0.15) is 0 Å². The van der Waals surface area contributed by atoms with E-state index in [1.54, 1.807) is 6.08 Å². The Labute approximate surface area is 322 Å². The fraction of sp³-hybridized carbons (Fsp3) is 0.826. The molecule has 6 nitrogen and oxygen atoms in total. The molecule has 6 heteroatoms. The first-order valence-electron chi connectivity index (χ1n) is 22.3. The van der Waals surface area contributed by atoms with E-state index >= 15 is 0 Å². The number of esters is 1. The number of allylic oxidation sites excluding steroid dienone is 5. The second-order valence-electron chi connectivity index (χ2n) is 15.0. The van der Waals surface area contributed by atoms with Gasteiger partial charge >= 0.3 is 5.97 Å². The van der Waals surface area contributed by atoms with E-state index in [0.29, 0.717) is 19.4 Å². The molecule has 2 atom stereocenters. The number of hydrogen-bond acceptors (Lipinski definition) is 5. The quantitative estimate of drug-likeness (QED) is 0.0331. The highest BCUT2D eigenvalue weighted by atomic mass is 16.5. The third-order valence-corrected chi connectivity index (χ3v) is 9.91. The molecule has 0 rings (SSSR count). The SMILES string of the molecule is CCCCC/C=C\C/C=C\CCCCCCCCCC(=O)OCCCCCCCCCCCC(=O)NC(CO)C(O)/C=C/CCCCCCCCC. The van der Waals surface area contributed by atoms with E-state index in [1.807, 2.05) is 6.08 Å². The van der Waals surface area contributed by atoms with Gasteiger partial charge in [-0.05, 0) is 64.2 Å². The van der Waals surface area contributed by atoms with Crippen LogP contribution in [0.2, 0.25) is 0 Å². The number of carbonyl (C=O) groups is 2. The Balaban J connectivity index is 3.51. The van der Waals surface area contributed by atoms with E-state index in [1.165, 1.54) is 128 Å². The van der Waals surface area contributed by atoms with Gasteiger partial charge in [-0.15, -0.1) is 0 Å². The molecule has 0 fully saturated rings. The molecule has 0 aliphatic carbocycles. The standard InChI is InChI=1S/C46H85NO5/c1-3-5-7-9-11-13-14-15-16-17-18-19-20-24-28-32-36-40-46(51)52-41-37-33-29-25-21-23-27-31-35-39-45(50)47-43(42-48)44(49)38-34-30-26-22-12-10-8-6-4-2/h11,13,15-16,34,38,43-44,48-49H,3-10,12,14,17-33,35-37,39-42H2,1-2H3,(H,47,50)/b13-11-,16-15-,38-34+. The molecule has 0 aliphatic heterocycles. The Kier molecular flexibility index (Phi) is 40.3. The Morgan fingerprint density at radius 2 is 0.962 bits per heavy atom. The minimum absolute atomic E-state index is 0.0368. The zero-order chi connectivity index (χ0) is 38.0. The third-order valence-electron chi connectivity index (χ3n) is 9.91. The maximum atomic E-state index is 12.3. The van der Waals surface area contributed by atoms with Crippen LogP contribution in [0.1, 0.15) is 219 Å². The lowest BCUT2D eigenvalue weighted by Gasteiger charge is -2.20.